The number of urea groups is 1. The monoisotopic (exact) mass is 208 g/mol. The Balaban J connectivity index is 2.65. The Hall–Kier alpha value is -1.55. The van der Waals surface area contributed by atoms with E-state index in [2.05, 4.69) is 5.32 Å². The van der Waals surface area contributed by atoms with Crippen LogP contribution < -0.4 is 5.32 Å². The van der Waals surface area contributed by atoms with Crippen molar-refractivity contribution in [2.75, 3.05) is 5.32 Å². The zero-order chi connectivity index (χ0) is 11.5. The first-order valence-corrected chi connectivity index (χ1v) is 4.76. The van der Waals surface area contributed by atoms with Crippen LogP contribution >= 0.6 is 0 Å². The third-order valence-corrected chi connectivity index (χ3v) is 1.85. The molecule has 0 unspecified atom stereocenters. The number of hydroxylamine groups is 2. The number of rotatable bonds is 1. The number of nitrogens with zero attached hydrogens (tertiary/aromatic N) is 1. The third-order valence-electron chi connectivity index (χ3n) is 1.85. The number of benzene rings is 1. The van der Waals surface area contributed by atoms with Gasteiger partial charge >= 0.3 is 6.03 Å². The molecule has 0 radical (unpaired) electrons. The number of hydrogen-bond donors (Lipinski definition) is 2. The molecule has 0 spiro atoms. The Labute approximate surface area is 89.5 Å². The minimum Gasteiger partial charge on any atom is -0.306 e. The quantitative estimate of drug-likeness (QED) is 0.550. The van der Waals surface area contributed by atoms with E-state index >= 15 is 0 Å². The Morgan fingerprint density at radius 3 is 2.27 bits per heavy atom. The average Bonchev–Trinajstić information content (AvgIpc) is 2.16. The summed E-state index contributed by atoms with van der Waals surface area (Å²) >= 11 is 0. The summed E-state index contributed by atoms with van der Waals surface area (Å²) in [6, 6.07) is 8.47. The van der Waals surface area contributed by atoms with Gasteiger partial charge in [0.2, 0.25) is 0 Å². The second kappa shape index (κ2) is 4.31. The molecule has 0 aromatic heterocycles. The standard InChI is InChI=1S/C11H16N2O2/c1-11(2,3)13(15)10(14)12-9-7-5-4-6-8-9/h4-8,15H,1-3H3,(H,12,14). The minimum atomic E-state index is -0.612. The van der Waals surface area contributed by atoms with Crippen molar-refractivity contribution in [2.45, 2.75) is 26.3 Å². The lowest BCUT2D eigenvalue weighted by Crippen LogP contribution is -2.45. The van der Waals surface area contributed by atoms with Crippen molar-refractivity contribution in [3.63, 3.8) is 0 Å². The number of para-hydroxylation sites is 1. The summed E-state index contributed by atoms with van der Waals surface area (Å²) in [5, 5.41) is 12.8. The molecule has 15 heavy (non-hydrogen) atoms. The molecular weight excluding hydrogens is 192 g/mol. The van der Waals surface area contributed by atoms with Crippen molar-refractivity contribution in [3.05, 3.63) is 30.3 Å². The Morgan fingerprint density at radius 1 is 1.27 bits per heavy atom. The molecular formula is C11H16N2O2. The largest absolute Gasteiger partial charge is 0.346 e. The molecule has 0 bridgehead atoms. The first-order chi connectivity index (χ1) is 6.91. The maximum Gasteiger partial charge on any atom is 0.346 e. The van der Waals surface area contributed by atoms with Crippen LogP contribution in [0.5, 0.6) is 0 Å². The summed E-state index contributed by atoms with van der Waals surface area (Å²) in [7, 11) is 0. The predicted octanol–water partition coefficient (Wildman–Crippen LogP) is 2.71. The van der Waals surface area contributed by atoms with Gasteiger partial charge in [0, 0.05) is 5.69 Å². The fourth-order valence-corrected chi connectivity index (χ4v) is 1.00. The maximum atomic E-state index is 11.5. The third kappa shape index (κ3) is 3.25. The molecule has 2 amide bonds. The van der Waals surface area contributed by atoms with Gasteiger partial charge in [0.25, 0.3) is 0 Å². The van der Waals surface area contributed by atoms with Crippen molar-refractivity contribution in [1.29, 1.82) is 0 Å². The molecule has 4 nitrogen and oxygen atoms in total. The lowest BCUT2D eigenvalue weighted by atomic mass is 10.1. The van der Waals surface area contributed by atoms with E-state index in [1.54, 1.807) is 32.9 Å². The summed E-state index contributed by atoms with van der Waals surface area (Å²) in [6.45, 7) is 5.24. The van der Waals surface area contributed by atoms with Crippen LogP contribution in [-0.2, 0) is 0 Å². The Morgan fingerprint density at radius 2 is 1.80 bits per heavy atom. The first-order valence-electron chi connectivity index (χ1n) is 4.76. The molecule has 0 saturated carbocycles. The molecule has 0 aliphatic carbocycles. The molecule has 1 aromatic rings. The van der Waals surface area contributed by atoms with Gasteiger partial charge < -0.3 is 5.32 Å². The van der Waals surface area contributed by atoms with Crippen LogP contribution in [0.4, 0.5) is 10.5 Å². The lowest BCUT2D eigenvalue weighted by molar-refractivity contribution is -0.102. The smallest absolute Gasteiger partial charge is 0.306 e. The zero-order valence-electron chi connectivity index (χ0n) is 9.19. The van der Waals surface area contributed by atoms with Crippen molar-refractivity contribution in [2.24, 2.45) is 0 Å². The Kier molecular flexibility index (Phi) is 3.31. The molecule has 0 atom stereocenters. The molecule has 0 heterocycles. The maximum absolute atomic E-state index is 11.5. The molecule has 82 valence electrons. The zero-order valence-corrected chi connectivity index (χ0v) is 9.19. The highest BCUT2D eigenvalue weighted by Crippen LogP contribution is 2.13. The Bertz CT molecular complexity index is 330. The van der Waals surface area contributed by atoms with Gasteiger partial charge in [-0.1, -0.05) is 18.2 Å². The van der Waals surface area contributed by atoms with Crippen LogP contribution in [0.25, 0.3) is 0 Å². The minimum absolute atomic E-state index is 0.534. The summed E-state index contributed by atoms with van der Waals surface area (Å²) in [5.41, 5.74) is 0.0459. The van der Waals surface area contributed by atoms with Gasteiger partial charge in [-0.15, -0.1) is 0 Å². The van der Waals surface area contributed by atoms with Gasteiger partial charge in [-0.3, -0.25) is 5.21 Å². The van der Waals surface area contributed by atoms with E-state index in [0.717, 1.165) is 0 Å². The van der Waals surface area contributed by atoms with Crippen molar-refractivity contribution in [3.8, 4) is 0 Å². The van der Waals surface area contributed by atoms with E-state index in [9.17, 15) is 10.0 Å². The average molecular weight is 208 g/mol. The number of nitrogens with one attached hydrogen (secondary N) is 1. The second-order valence-electron chi connectivity index (χ2n) is 4.28. The van der Waals surface area contributed by atoms with Gasteiger partial charge in [-0.05, 0) is 32.9 Å². The highest BCUT2D eigenvalue weighted by molar-refractivity contribution is 5.88. The molecule has 4 heteroatoms. The topological polar surface area (TPSA) is 52.6 Å². The normalized spacial score (nSPS) is 10.9. The molecule has 0 saturated heterocycles. The first kappa shape index (κ1) is 11.5. The van der Waals surface area contributed by atoms with E-state index in [1.165, 1.54) is 0 Å². The van der Waals surface area contributed by atoms with Crippen LogP contribution in [0.1, 0.15) is 20.8 Å². The molecule has 1 rings (SSSR count). The van der Waals surface area contributed by atoms with Gasteiger partial charge in [-0.25, -0.2) is 9.86 Å². The van der Waals surface area contributed by atoms with Crippen LogP contribution in [-0.4, -0.2) is 21.8 Å². The van der Waals surface area contributed by atoms with Crippen molar-refractivity contribution >= 4 is 11.7 Å². The molecule has 1 aromatic carbocycles. The highest BCUT2D eigenvalue weighted by atomic mass is 16.5. The van der Waals surface area contributed by atoms with E-state index < -0.39 is 11.6 Å². The number of amides is 2. The highest BCUT2D eigenvalue weighted by Gasteiger charge is 2.24. The van der Waals surface area contributed by atoms with Crippen LogP contribution in [0.3, 0.4) is 0 Å². The van der Waals surface area contributed by atoms with Crippen LogP contribution in [0.15, 0.2) is 30.3 Å². The van der Waals surface area contributed by atoms with E-state index in [0.29, 0.717) is 10.8 Å². The predicted molar refractivity (Wildman–Crippen MR) is 58.8 cm³/mol. The van der Waals surface area contributed by atoms with Crippen LogP contribution in [0.2, 0.25) is 0 Å². The fourth-order valence-electron chi connectivity index (χ4n) is 1.00. The number of hydrogen-bond acceptors (Lipinski definition) is 2. The van der Waals surface area contributed by atoms with E-state index in [4.69, 9.17) is 0 Å². The summed E-state index contributed by atoms with van der Waals surface area (Å²) in [4.78, 5) is 11.5. The van der Waals surface area contributed by atoms with Gasteiger partial charge in [-0.2, -0.15) is 0 Å². The number of carbonyl (C=O) groups excluding carboxylic acids is 1. The summed E-state index contributed by atoms with van der Waals surface area (Å²) in [6.07, 6.45) is 0. The SMILES string of the molecule is CC(C)(C)N(O)C(=O)Nc1ccccc1. The molecule has 0 aliphatic heterocycles. The lowest BCUT2D eigenvalue weighted by Gasteiger charge is -2.29. The van der Waals surface area contributed by atoms with Crippen molar-refractivity contribution in [1.82, 2.24) is 5.06 Å². The van der Waals surface area contributed by atoms with Gasteiger partial charge in [0.15, 0.2) is 0 Å². The molecule has 0 aliphatic rings. The molecule has 2 N–H and O–H groups in total. The number of carbonyl (C=O) groups is 1. The van der Waals surface area contributed by atoms with Gasteiger partial charge in [0.1, 0.15) is 0 Å². The van der Waals surface area contributed by atoms with Crippen molar-refractivity contribution < 1.29 is 10.0 Å². The van der Waals surface area contributed by atoms with Crippen LogP contribution in [0, 0.1) is 0 Å². The molecule has 0 fully saturated rings. The number of anilines is 1. The van der Waals surface area contributed by atoms with E-state index in [1.807, 2.05) is 18.2 Å². The summed E-state index contributed by atoms with van der Waals surface area (Å²) < 4.78 is 0. The summed E-state index contributed by atoms with van der Waals surface area (Å²) in [5.74, 6) is 0. The fraction of sp³-hybridized carbons (Fsp3) is 0.364. The second-order valence-corrected chi connectivity index (χ2v) is 4.28. The van der Waals surface area contributed by atoms with Gasteiger partial charge in [0.05, 0.1) is 5.54 Å². The van der Waals surface area contributed by atoms with E-state index in [-0.39, 0.29) is 0 Å².